The molecule has 2 nitrogen and oxygen atoms in total. The first-order valence-corrected chi connectivity index (χ1v) is 6.52. The number of benzene rings is 1. The van der Waals surface area contributed by atoms with Crippen molar-refractivity contribution in [2.45, 2.75) is 46.0 Å². The molecule has 0 bridgehead atoms. The Morgan fingerprint density at radius 3 is 2.59 bits per heavy atom. The molecule has 0 heterocycles. The lowest BCUT2D eigenvalue weighted by Gasteiger charge is -2.14. The number of phenolic OH excluding ortho intramolecular Hbond substituents is 1. The van der Waals surface area contributed by atoms with Gasteiger partial charge in [0.25, 0.3) is 0 Å². The van der Waals surface area contributed by atoms with E-state index in [1.54, 1.807) is 24.3 Å². The number of aromatic hydroxyl groups is 1. The molecule has 2 heteroatoms. The van der Waals surface area contributed by atoms with Gasteiger partial charge in [-0.15, -0.1) is 0 Å². The molecule has 1 atom stereocenters. The Labute approximate surface area is 104 Å². The van der Waals surface area contributed by atoms with Crippen LogP contribution in [-0.2, 0) is 0 Å². The molecule has 1 aromatic carbocycles. The van der Waals surface area contributed by atoms with E-state index in [1.165, 1.54) is 0 Å². The van der Waals surface area contributed by atoms with Gasteiger partial charge < -0.3 is 5.11 Å². The summed E-state index contributed by atoms with van der Waals surface area (Å²) in [5, 5.41) is 9.40. The van der Waals surface area contributed by atoms with Crippen LogP contribution >= 0.6 is 0 Å². The summed E-state index contributed by atoms with van der Waals surface area (Å²) in [6, 6.07) is 6.68. The van der Waals surface area contributed by atoms with Gasteiger partial charge >= 0.3 is 0 Å². The first-order chi connectivity index (χ1) is 8.19. The molecule has 0 aliphatic rings. The molecular weight excluding hydrogens is 212 g/mol. The molecule has 1 rings (SSSR count). The lowest BCUT2D eigenvalue weighted by atomic mass is 9.89. The van der Waals surface area contributed by atoms with Crippen molar-refractivity contribution in [1.29, 1.82) is 0 Å². The van der Waals surface area contributed by atoms with Crippen LogP contribution in [0.15, 0.2) is 24.3 Å². The largest absolute Gasteiger partial charge is 0.508 e. The molecule has 1 aromatic rings. The number of Topliss-reactive ketones (excluding diaryl/α,β-unsaturated/α-hetero) is 1. The lowest BCUT2D eigenvalue weighted by molar-refractivity contribution is 0.0903. The predicted octanol–water partition coefficient (Wildman–Crippen LogP) is 4.18. The summed E-state index contributed by atoms with van der Waals surface area (Å²) in [4.78, 5) is 12.3. The van der Waals surface area contributed by atoms with E-state index in [2.05, 4.69) is 13.8 Å². The van der Waals surface area contributed by atoms with Gasteiger partial charge in [0.05, 0.1) is 0 Å². The average Bonchev–Trinajstić information content (AvgIpc) is 2.33. The summed E-state index contributed by atoms with van der Waals surface area (Å²) < 4.78 is 0. The Hall–Kier alpha value is -1.31. The number of hydrogen-bond acceptors (Lipinski definition) is 2. The molecule has 17 heavy (non-hydrogen) atoms. The third-order valence-corrected chi connectivity index (χ3v) is 3.04. The Kier molecular flexibility index (Phi) is 5.75. The molecule has 0 spiro atoms. The zero-order chi connectivity index (χ0) is 12.7. The average molecular weight is 234 g/mol. The molecule has 0 aromatic heterocycles. The molecular formula is C15H22O2. The Balaban J connectivity index is 2.76. The standard InChI is InChI=1S/C15H22O2/c1-3-5-8-12(7-4-2)15(17)13-9-6-10-14(16)11-13/h6,9-12,16H,3-5,7-8H2,1-2H3. The van der Waals surface area contributed by atoms with Crippen LogP contribution in [-0.4, -0.2) is 10.9 Å². The molecule has 0 aliphatic heterocycles. The Morgan fingerprint density at radius 1 is 1.24 bits per heavy atom. The summed E-state index contributed by atoms with van der Waals surface area (Å²) in [5.74, 6) is 0.458. The maximum absolute atomic E-state index is 12.3. The lowest BCUT2D eigenvalue weighted by Crippen LogP contribution is -2.14. The highest BCUT2D eigenvalue weighted by atomic mass is 16.3. The maximum atomic E-state index is 12.3. The number of carbonyl (C=O) groups is 1. The van der Waals surface area contributed by atoms with Crippen molar-refractivity contribution >= 4 is 5.78 Å². The van der Waals surface area contributed by atoms with Gasteiger partial charge in [0.1, 0.15) is 5.75 Å². The zero-order valence-corrected chi connectivity index (χ0v) is 10.8. The Morgan fingerprint density at radius 2 is 2.00 bits per heavy atom. The van der Waals surface area contributed by atoms with E-state index >= 15 is 0 Å². The molecule has 0 saturated heterocycles. The minimum Gasteiger partial charge on any atom is -0.508 e. The fourth-order valence-corrected chi connectivity index (χ4v) is 2.10. The topological polar surface area (TPSA) is 37.3 Å². The quantitative estimate of drug-likeness (QED) is 0.718. The second kappa shape index (κ2) is 7.10. The first-order valence-electron chi connectivity index (χ1n) is 6.52. The van der Waals surface area contributed by atoms with Crippen molar-refractivity contribution < 1.29 is 9.90 Å². The fourth-order valence-electron chi connectivity index (χ4n) is 2.10. The van der Waals surface area contributed by atoms with Crippen molar-refractivity contribution in [3.63, 3.8) is 0 Å². The van der Waals surface area contributed by atoms with E-state index in [0.29, 0.717) is 5.56 Å². The molecule has 94 valence electrons. The number of rotatable bonds is 7. The predicted molar refractivity (Wildman–Crippen MR) is 70.4 cm³/mol. The number of hydrogen-bond donors (Lipinski definition) is 1. The number of phenols is 1. The number of carbonyl (C=O) groups excluding carboxylic acids is 1. The number of unbranched alkanes of at least 4 members (excludes halogenated alkanes) is 1. The van der Waals surface area contributed by atoms with Crippen molar-refractivity contribution in [1.82, 2.24) is 0 Å². The SMILES string of the molecule is CCCCC(CCC)C(=O)c1cccc(O)c1. The Bertz CT molecular complexity index is 358. The van der Waals surface area contributed by atoms with E-state index < -0.39 is 0 Å². The molecule has 1 unspecified atom stereocenters. The summed E-state index contributed by atoms with van der Waals surface area (Å²) in [6.07, 6.45) is 5.13. The molecule has 0 amide bonds. The van der Waals surface area contributed by atoms with Crippen LogP contribution in [0, 0.1) is 5.92 Å². The highest BCUT2D eigenvalue weighted by Gasteiger charge is 2.18. The summed E-state index contributed by atoms with van der Waals surface area (Å²) >= 11 is 0. The van der Waals surface area contributed by atoms with Crippen LogP contribution < -0.4 is 0 Å². The first kappa shape index (κ1) is 13.8. The van der Waals surface area contributed by atoms with E-state index in [-0.39, 0.29) is 17.5 Å². The van der Waals surface area contributed by atoms with E-state index in [9.17, 15) is 9.90 Å². The number of ketones is 1. The van der Waals surface area contributed by atoms with Gasteiger partial charge in [0, 0.05) is 11.5 Å². The molecule has 0 radical (unpaired) electrons. The highest BCUT2D eigenvalue weighted by Crippen LogP contribution is 2.22. The van der Waals surface area contributed by atoms with Crippen molar-refractivity contribution in [3.05, 3.63) is 29.8 Å². The highest BCUT2D eigenvalue weighted by molar-refractivity contribution is 5.98. The van der Waals surface area contributed by atoms with Crippen LogP contribution in [0.1, 0.15) is 56.3 Å². The fraction of sp³-hybridized carbons (Fsp3) is 0.533. The van der Waals surface area contributed by atoms with Gasteiger partial charge in [-0.3, -0.25) is 4.79 Å². The molecule has 0 saturated carbocycles. The normalized spacial score (nSPS) is 12.4. The molecule has 0 fully saturated rings. The van der Waals surface area contributed by atoms with Gasteiger partial charge in [0.15, 0.2) is 5.78 Å². The summed E-state index contributed by atoms with van der Waals surface area (Å²) in [6.45, 7) is 4.25. The summed E-state index contributed by atoms with van der Waals surface area (Å²) in [5.41, 5.74) is 0.638. The molecule has 1 N–H and O–H groups in total. The second-order valence-electron chi connectivity index (χ2n) is 4.54. The van der Waals surface area contributed by atoms with Gasteiger partial charge in [-0.1, -0.05) is 45.2 Å². The van der Waals surface area contributed by atoms with Crippen LogP contribution in [0.3, 0.4) is 0 Å². The van der Waals surface area contributed by atoms with Gasteiger partial charge in [0.2, 0.25) is 0 Å². The third-order valence-electron chi connectivity index (χ3n) is 3.04. The zero-order valence-electron chi connectivity index (χ0n) is 10.8. The maximum Gasteiger partial charge on any atom is 0.166 e. The minimum atomic E-state index is 0.113. The van der Waals surface area contributed by atoms with Crippen LogP contribution in [0.25, 0.3) is 0 Å². The van der Waals surface area contributed by atoms with E-state index in [1.807, 2.05) is 0 Å². The van der Waals surface area contributed by atoms with E-state index in [4.69, 9.17) is 0 Å². The van der Waals surface area contributed by atoms with Crippen molar-refractivity contribution in [2.75, 3.05) is 0 Å². The van der Waals surface area contributed by atoms with Crippen molar-refractivity contribution in [2.24, 2.45) is 5.92 Å². The van der Waals surface area contributed by atoms with E-state index in [0.717, 1.165) is 32.1 Å². The van der Waals surface area contributed by atoms with Gasteiger partial charge in [-0.05, 0) is 25.0 Å². The van der Waals surface area contributed by atoms with Gasteiger partial charge in [-0.25, -0.2) is 0 Å². The smallest absolute Gasteiger partial charge is 0.166 e. The van der Waals surface area contributed by atoms with Crippen molar-refractivity contribution in [3.8, 4) is 5.75 Å². The minimum absolute atomic E-state index is 0.113. The van der Waals surface area contributed by atoms with Crippen LogP contribution in [0.5, 0.6) is 5.75 Å². The second-order valence-corrected chi connectivity index (χ2v) is 4.54. The molecule has 0 aliphatic carbocycles. The van der Waals surface area contributed by atoms with Crippen LogP contribution in [0.2, 0.25) is 0 Å². The summed E-state index contributed by atoms with van der Waals surface area (Å²) in [7, 11) is 0. The third kappa shape index (κ3) is 4.22. The van der Waals surface area contributed by atoms with Crippen LogP contribution in [0.4, 0.5) is 0 Å². The van der Waals surface area contributed by atoms with Gasteiger partial charge in [-0.2, -0.15) is 0 Å². The monoisotopic (exact) mass is 234 g/mol.